The van der Waals surface area contributed by atoms with E-state index in [1.807, 2.05) is 0 Å². The van der Waals surface area contributed by atoms with Gasteiger partial charge in [0.05, 0.1) is 11.4 Å². The molecule has 0 fully saturated rings. The third-order valence-electron chi connectivity index (χ3n) is 6.42. The van der Waals surface area contributed by atoms with Crippen molar-refractivity contribution in [2.24, 2.45) is 0 Å². The molecule has 2 heteroatoms. The van der Waals surface area contributed by atoms with E-state index in [2.05, 4.69) is 46.7 Å². The highest BCUT2D eigenvalue weighted by molar-refractivity contribution is 5.72. The van der Waals surface area contributed by atoms with Crippen molar-refractivity contribution in [2.45, 2.75) is 49.4 Å². The second-order valence-electron chi connectivity index (χ2n) is 7.42. The molecule has 2 nitrogen and oxygen atoms in total. The van der Waals surface area contributed by atoms with Crippen LogP contribution in [-0.2, 0) is 0 Å². The van der Waals surface area contributed by atoms with Crippen LogP contribution in [0.2, 0.25) is 0 Å². The quantitative estimate of drug-likeness (QED) is 0.686. The van der Waals surface area contributed by atoms with Crippen molar-refractivity contribution in [3.8, 4) is 11.4 Å². The SMILES string of the molecule is C1=CC2CCC1c1c[nH]c(-c3[nH]cc4c3C3C=CC4CC3)c12. The van der Waals surface area contributed by atoms with Crippen LogP contribution in [0.1, 0.15) is 71.6 Å². The summed E-state index contributed by atoms with van der Waals surface area (Å²) in [6, 6.07) is 0. The van der Waals surface area contributed by atoms with Gasteiger partial charge in [-0.15, -0.1) is 0 Å². The molecule has 0 radical (unpaired) electrons. The lowest BCUT2D eigenvalue weighted by molar-refractivity contribution is 0.554. The van der Waals surface area contributed by atoms with Crippen molar-refractivity contribution in [1.82, 2.24) is 9.97 Å². The highest BCUT2D eigenvalue weighted by Crippen LogP contribution is 2.52. The molecule has 6 aliphatic rings. The van der Waals surface area contributed by atoms with Gasteiger partial charge >= 0.3 is 0 Å². The average Bonchev–Trinajstić information content (AvgIpc) is 3.23. The number of hydrogen-bond donors (Lipinski definition) is 2. The van der Waals surface area contributed by atoms with Gasteiger partial charge in [0.25, 0.3) is 0 Å². The molecule has 2 aromatic rings. The minimum absolute atomic E-state index is 0.622. The smallest absolute Gasteiger partial charge is 0.0664 e. The van der Waals surface area contributed by atoms with E-state index >= 15 is 0 Å². The van der Waals surface area contributed by atoms with Gasteiger partial charge in [0.1, 0.15) is 0 Å². The maximum Gasteiger partial charge on any atom is 0.0664 e. The molecule has 0 aliphatic heterocycles. The number of allylic oxidation sites excluding steroid dienone is 4. The van der Waals surface area contributed by atoms with Crippen LogP contribution < -0.4 is 0 Å². The average molecular weight is 288 g/mol. The molecule has 0 aromatic carbocycles. The first-order valence-corrected chi connectivity index (χ1v) is 8.69. The van der Waals surface area contributed by atoms with Gasteiger partial charge in [0.2, 0.25) is 0 Å². The lowest BCUT2D eigenvalue weighted by atomic mass is 9.70. The second-order valence-corrected chi connectivity index (χ2v) is 7.42. The fourth-order valence-corrected chi connectivity index (χ4v) is 5.36. The van der Waals surface area contributed by atoms with Gasteiger partial charge in [-0.1, -0.05) is 24.3 Å². The monoisotopic (exact) mass is 288 g/mol. The van der Waals surface area contributed by atoms with E-state index < -0.39 is 0 Å². The predicted molar refractivity (Wildman–Crippen MR) is 88.3 cm³/mol. The predicted octanol–water partition coefficient (Wildman–Crippen LogP) is 5.07. The van der Waals surface area contributed by atoms with Crippen LogP contribution in [0.5, 0.6) is 0 Å². The molecule has 0 saturated carbocycles. The summed E-state index contributed by atoms with van der Waals surface area (Å²) < 4.78 is 0. The number of fused-ring (bicyclic) bond motifs is 2. The fraction of sp³-hybridized carbons (Fsp3) is 0.400. The van der Waals surface area contributed by atoms with Gasteiger partial charge in [-0.05, 0) is 47.9 Å². The molecule has 0 spiro atoms. The number of rotatable bonds is 1. The Bertz CT molecular complexity index is 762. The maximum atomic E-state index is 3.63. The zero-order chi connectivity index (χ0) is 14.3. The topological polar surface area (TPSA) is 31.6 Å². The van der Waals surface area contributed by atoms with Crippen LogP contribution in [0.15, 0.2) is 36.7 Å². The van der Waals surface area contributed by atoms with Gasteiger partial charge in [-0.2, -0.15) is 0 Å². The zero-order valence-corrected chi connectivity index (χ0v) is 12.6. The Labute approximate surface area is 130 Å². The molecular formula is C20H20N2. The summed E-state index contributed by atoms with van der Waals surface area (Å²) in [5, 5.41) is 0. The molecule has 6 aliphatic carbocycles. The van der Waals surface area contributed by atoms with E-state index in [1.54, 1.807) is 22.3 Å². The number of hydrogen-bond acceptors (Lipinski definition) is 0. The summed E-state index contributed by atoms with van der Waals surface area (Å²) in [7, 11) is 0. The van der Waals surface area contributed by atoms with Crippen LogP contribution in [0.4, 0.5) is 0 Å². The lowest BCUT2D eigenvalue weighted by Crippen LogP contribution is -2.17. The Morgan fingerprint density at radius 1 is 0.591 bits per heavy atom. The Hall–Kier alpha value is -1.96. The van der Waals surface area contributed by atoms with Crippen molar-refractivity contribution in [3.63, 3.8) is 0 Å². The Morgan fingerprint density at radius 2 is 1.00 bits per heavy atom. The minimum Gasteiger partial charge on any atom is -0.359 e. The van der Waals surface area contributed by atoms with Crippen LogP contribution in [0, 0.1) is 0 Å². The first-order valence-electron chi connectivity index (χ1n) is 8.69. The molecule has 2 N–H and O–H groups in total. The fourth-order valence-electron chi connectivity index (χ4n) is 5.36. The zero-order valence-electron chi connectivity index (χ0n) is 12.6. The summed E-state index contributed by atoms with van der Waals surface area (Å²) in [5.74, 6) is 2.53. The van der Waals surface area contributed by atoms with Crippen molar-refractivity contribution >= 4 is 0 Å². The van der Waals surface area contributed by atoms with Gasteiger partial charge in [-0.3, -0.25) is 0 Å². The molecule has 0 amide bonds. The van der Waals surface area contributed by atoms with E-state index in [0.29, 0.717) is 23.7 Å². The molecule has 110 valence electrons. The van der Waals surface area contributed by atoms with Gasteiger partial charge in [0, 0.05) is 36.1 Å². The van der Waals surface area contributed by atoms with Crippen molar-refractivity contribution < 1.29 is 0 Å². The Morgan fingerprint density at radius 3 is 1.41 bits per heavy atom. The minimum atomic E-state index is 0.622. The molecule has 0 saturated heterocycles. The lowest BCUT2D eigenvalue weighted by Gasteiger charge is -2.33. The summed E-state index contributed by atoms with van der Waals surface area (Å²) in [6.07, 6.45) is 19.5. The second kappa shape index (κ2) is 3.87. The maximum absolute atomic E-state index is 3.63. The summed E-state index contributed by atoms with van der Waals surface area (Å²) in [6.45, 7) is 0. The first kappa shape index (κ1) is 11.6. The molecule has 22 heavy (non-hydrogen) atoms. The van der Waals surface area contributed by atoms with Gasteiger partial charge in [0.15, 0.2) is 0 Å². The normalized spacial score (nSPS) is 33.3. The molecule has 2 aromatic heterocycles. The number of aromatic amines is 2. The number of nitrogens with one attached hydrogen (secondary N) is 2. The van der Waals surface area contributed by atoms with E-state index in [0.717, 1.165) is 0 Å². The van der Waals surface area contributed by atoms with Crippen LogP contribution in [0.25, 0.3) is 11.4 Å². The molecule has 4 atom stereocenters. The Balaban J connectivity index is 1.57. The van der Waals surface area contributed by atoms with E-state index in [1.165, 1.54) is 37.1 Å². The molecule has 4 bridgehead atoms. The summed E-state index contributed by atoms with van der Waals surface area (Å²) in [4.78, 5) is 7.27. The highest BCUT2D eigenvalue weighted by Gasteiger charge is 2.36. The van der Waals surface area contributed by atoms with Gasteiger partial charge in [-0.25, -0.2) is 0 Å². The van der Waals surface area contributed by atoms with Crippen molar-refractivity contribution in [3.05, 3.63) is 59.0 Å². The Kier molecular flexibility index (Phi) is 2.04. The summed E-state index contributed by atoms with van der Waals surface area (Å²) >= 11 is 0. The third-order valence-corrected chi connectivity index (χ3v) is 6.42. The number of H-pyrrole nitrogens is 2. The van der Waals surface area contributed by atoms with Crippen LogP contribution >= 0.6 is 0 Å². The van der Waals surface area contributed by atoms with E-state index in [-0.39, 0.29) is 0 Å². The molecular weight excluding hydrogens is 268 g/mol. The van der Waals surface area contributed by atoms with Crippen LogP contribution in [-0.4, -0.2) is 9.97 Å². The van der Waals surface area contributed by atoms with Crippen LogP contribution in [0.3, 0.4) is 0 Å². The van der Waals surface area contributed by atoms with E-state index in [9.17, 15) is 0 Å². The van der Waals surface area contributed by atoms with Crippen molar-refractivity contribution in [2.75, 3.05) is 0 Å². The third kappa shape index (κ3) is 1.28. The van der Waals surface area contributed by atoms with Crippen molar-refractivity contribution in [1.29, 1.82) is 0 Å². The van der Waals surface area contributed by atoms with Gasteiger partial charge < -0.3 is 9.97 Å². The molecule has 8 rings (SSSR count). The largest absolute Gasteiger partial charge is 0.359 e. The number of aromatic nitrogens is 2. The highest BCUT2D eigenvalue weighted by atomic mass is 14.8. The molecule has 2 heterocycles. The molecule has 4 unspecified atom stereocenters. The standard InChI is InChI=1S/C20H20N2/c1-5-13-6-2-11(1)15-9-21-19(17(13)15)20-18-14-7-3-12(4-8-14)16(18)10-22-20/h1,3,5,7,9-14,21-22H,2,4,6,8H2. The van der Waals surface area contributed by atoms with E-state index in [4.69, 9.17) is 0 Å². The summed E-state index contributed by atoms with van der Waals surface area (Å²) in [5.41, 5.74) is 9.00. The first-order chi connectivity index (χ1) is 10.9.